The largest absolute Gasteiger partial charge is 0.495 e. The summed E-state index contributed by atoms with van der Waals surface area (Å²) in [6, 6.07) is 13.9. The van der Waals surface area contributed by atoms with Crippen molar-refractivity contribution in [3.8, 4) is 5.75 Å². The SMILES string of the molecule is COc1c(Br)cc(Br)cc1C=NNC(=O)/C(=C/c1cccs1)NC(=O)c1ccccc1Cl. The molecule has 0 radical (unpaired) electrons. The Bertz CT molecular complexity index is 1200. The minimum atomic E-state index is -0.594. The van der Waals surface area contributed by atoms with E-state index in [0.29, 0.717) is 11.3 Å². The van der Waals surface area contributed by atoms with Gasteiger partial charge in [-0.15, -0.1) is 11.3 Å². The molecule has 6 nitrogen and oxygen atoms in total. The molecule has 10 heteroatoms. The molecule has 2 N–H and O–H groups in total. The topological polar surface area (TPSA) is 79.8 Å². The van der Waals surface area contributed by atoms with Gasteiger partial charge in [-0.25, -0.2) is 5.43 Å². The van der Waals surface area contributed by atoms with E-state index in [1.54, 1.807) is 36.4 Å². The van der Waals surface area contributed by atoms with Crippen LogP contribution in [0.1, 0.15) is 20.8 Å². The summed E-state index contributed by atoms with van der Waals surface area (Å²) in [5.41, 5.74) is 3.36. The number of hydrogen-bond acceptors (Lipinski definition) is 5. The third-order valence-corrected chi connectivity index (χ3v) is 6.25. The first-order valence-electron chi connectivity index (χ1n) is 9.06. The van der Waals surface area contributed by atoms with Gasteiger partial charge < -0.3 is 10.1 Å². The summed E-state index contributed by atoms with van der Waals surface area (Å²) in [5.74, 6) is -0.536. The zero-order valence-electron chi connectivity index (χ0n) is 16.6. The average molecular weight is 598 g/mol. The lowest BCUT2D eigenvalue weighted by Gasteiger charge is -2.10. The molecule has 1 heterocycles. The van der Waals surface area contributed by atoms with Gasteiger partial charge in [0, 0.05) is 14.9 Å². The Labute approximate surface area is 210 Å². The van der Waals surface area contributed by atoms with Gasteiger partial charge >= 0.3 is 0 Å². The van der Waals surface area contributed by atoms with E-state index in [0.717, 1.165) is 13.8 Å². The predicted molar refractivity (Wildman–Crippen MR) is 135 cm³/mol. The number of rotatable bonds is 7. The van der Waals surface area contributed by atoms with Crippen molar-refractivity contribution in [2.75, 3.05) is 7.11 Å². The molecule has 0 saturated carbocycles. The molecule has 0 aliphatic heterocycles. The zero-order chi connectivity index (χ0) is 23.1. The molecular weight excluding hydrogens is 582 g/mol. The summed E-state index contributed by atoms with van der Waals surface area (Å²) < 4.78 is 6.91. The number of thiophene rings is 1. The van der Waals surface area contributed by atoms with E-state index in [1.807, 2.05) is 23.6 Å². The number of halogens is 3. The van der Waals surface area contributed by atoms with Crippen molar-refractivity contribution < 1.29 is 14.3 Å². The molecule has 0 unspecified atom stereocenters. The lowest BCUT2D eigenvalue weighted by atomic mass is 10.2. The third kappa shape index (κ3) is 6.29. The highest BCUT2D eigenvalue weighted by atomic mass is 79.9. The van der Waals surface area contributed by atoms with Crippen molar-refractivity contribution in [2.45, 2.75) is 0 Å². The number of methoxy groups -OCH3 is 1. The number of ether oxygens (including phenoxy) is 1. The monoisotopic (exact) mass is 595 g/mol. The van der Waals surface area contributed by atoms with Crippen LogP contribution in [0, 0.1) is 0 Å². The van der Waals surface area contributed by atoms with Gasteiger partial charge in [0.25, 0.3) is 11.8 Å². The van der Waals surface area contributed by atoms with Gasteiger partial charge in [-0.2, -0.15) is 5.10 Å². The van der Waals surface area contributed by atoms with Crippen LogP contribution in [0.25, 0.3) is 6.08 Å². The van der Waals surface area contributed by atoms with Gasteiger partial charge in [0.05, 0.1) is 28.4 Å². The van der Waals surface area contributed by atoms with Crippen LogP contribution in [0.15, 0.2) is 73.7 Å². The first-order valence-corrected chi connectivity index (χ1v) is 11.9. The van der Waals surface area contributed by atoms with Crippen molar-refractivity contribution >= 4 is 78.9 Å². The fourth-order valence-electron chi connectivity index (χ4n) is 2.62. The van der Waals surface area contributed by atoms with E-state index in [2.05, 4.69) is 47.7 Å². The molecule has 0 spiro atoms. The van der Waals surface area contributed by atoms with Crippen molar-refractivity contribution in [3.05, 3.63) is 89.6 Å². The number of carbonyl (C=O) groups is 2. The Morgan fingerprint density at radius 1 is 1.16 bits per heavy atom. The second kappa shape index (κ2) is 11.4. The molecule has 2 amide bonds. The quantitative estimate of drug-likeness (QED) is 0.204. The second-order valence-electron chi connectivity index (χ2n) is 6.22. The van der Waals surface area contributed by atoms with E-state index in [4.69, 9.17) is 16.3 Å². The number of benzene rings is 2. The fraction of sp³-hybridized carbons (Fsp3) is 0.0455. The molecule has 0 aliphatic rings. The molecular formula is C22H16Br2ClN3O3S. The number of nitrogens with zero attached hydrogens (tertiary/aromatic N) is 1. The molecule has 0 saturated heterocycles. The van der Waals surface area contributed by atoms with Crippen LogP contribution in [0.3, 0.4) is 0 Å². The van der Waals surface area contributed by atoms with Crippen LogP contribution in [0.5, 0.6) is 5.75 Å². The van der Waals surface area contributed by atoms with Gasteiger partial charge in [-0.1, -0.05) is 45.7 Å². The van der Waals surface area contributed by atoms with E-state index < -0.39 is 11.8 Å². The van der Waals surface area contributed by atoms with Crippen LogP contribution in [-0.4, -0.2) is 25.1 Å². The molecule has 3 aromatic rings. The smallest absolute Gasteiger partial charge is 0.287 e. The van der Waals surface area contributed by atoms with Crippen molar-refractivity contribution in [2.24, 2.45) is 5.10 Å². The molecule has 164 valence electrons. The van der Waals surface area contributed by atoms with Gasteiger partial charge in [0.1, 0.15) is 11.4 Å². The summed E-state index contributed by atoms with van der Waals surface area (Å²) in [5, 5.41) is 8.79. The van der Waals surface area contributed by atoms with Crippen LogP contribution >= 0.6 is 54.8 Å². The van der Waals surface area contributed by atoms with Crippen LogP contribution in [-0.2, 0) is 4.79 Å². The molecule has 0 bridgehead atoms. The summed E-state index contributed by atoms with van der Waals surface area (Å²) in [7, 11) is 1.54. The minimum absolute atomic E-state index is 0.0249. The molecule has 0 aliphatic carbocycles. The molecule has 3 rings (SSSR count). The van der Waals surface area contributed by atoms with E-state index in [1.165, 1.54) is 24.7 Å². The summed E-state index contributed by atoms with van der Waals surface area (Å²) in [6.07, 6.45) is 3.02. The third-order valence-electron chi connectivity index (χ3n) is 4.05. The van der Waals surface area contributed by atoms with E-state index >= 15 is 0 Å². The minimum Gasteiger partial charge on any atom is -0.495 e. The number of carbonyl (C=O) groups excluding carboxylic acids is 2. The summed E-state index contributed by atoms with van der Waals surface area (Å²) >= 11 is 14.4. The number of hydrazone groups is 1. The Kier molecular flexibility index (Phi) is 8.63. The summed E-state index contributed by atoms with van der Waals surface area (Å²) in [4.78, 5) is 26.3. The Hall–Kier alpha value is -2.46. The Morgan fingerprint density at radius 2 is 1.94 bits per heavy atom. The molecule has 2 aromatic carbocycles. The molecule has 1 aromatic heterocycles. The zero-order valence-corrected chi connectivity index (χ0v) is 21.3. The van der Waals surface area contributed by atoms with E-state index in [-0.39, 0.29) is 16.3 Å². The molecule has 32 heavy (non-hydrogen) atoms. The fourth-order valence-corrected chi connectivity index (χ4v) is 4.92. The second-order valence-corrected chi connectivity index (χ2v) is 9.37. The van der Waals surface area contributed by atoms with Crippen molar-refractivity contribution in [3.63, 3.8) is 0 Å². The van der Waals surface area contributed by atoms with Crippen LogP contribution < -0.4 is 15.5 Å². The number of hydrogen-bond donors (Lipinski definition) is 2. The summed E-state index contributed by atoms with van der Waals surface area (Å²) in [6.45, 7) is 0. The van der Waals surface area contributed by atoms with E-state index in [9.17, 15) is 9.59 Å². The first-order chi connectivity index (χ1) is 15.4. The van der Waals surface area contributed by atoms with Gasteiger partial charge in [-0.3, -0.25) is 9.59 Å². The van der Waals surface area contributed by atoms with Gasteiger partial charge in [-0.05, 0) is 57.7 Å². The number of amides is 2. The van der Waals surface area contributed by atoms with Gasteiger partial charge in [0.15, 0.2) is 0 Å². The molecule has 0 fully saturated rings. The highest BCUT2D eigenvalue weighted by Gasteiger charge is 2.16. The number of nitrogens with one attached hydrogen (secondary N) is 2. The van der Waals surface area contributed by atoms with Crippen LogP contribution in [0.4, 0.5) is 0 Å². The van der Waals surface area contributed by atoms with Crippen molar-refractivity contribution in [1.82, 2.24) is 10.7 Å². The highest BCUT2D eigenvalue weighted by Crippen LogP contribution is 2.31. The molecule has 0 atom stereocenters. The maximum atomic E-state index is 12.8. The Balaban J connectivity index is 1.82. The average Bonchev–Trinajstić information content (AvgIpc) is 3.26. The highest BCUT2D eigenvalue weighted by molar-refractivity contribution is 9.11. The predicted octanol–water partition coefficient (Wildman–Crippen LogP) is 5.86. The lowest BCUT2D eigenvalue weighted by molar-refractivity contribution is -0.117. The maximum Gasteiger partial charge on any atom is 0.287 e. The standard InChI is InChI=1S/C22H16Br2ClN3O3S/c1-31-20-13(9-14(23)10-17(20)24)12-26-28-22(30)19(11-15-5-4-8-32-15)27-21(29)16-6-2-3-7-18(16)25/h2-12H,1H3,(H,27,29)(H,28,30)/b19-11-,26-12?. The maximum absolute atomic E-state index is 12.8. The van der Waals surface area contributed by atoms with Crippen LogP contribution in [0.2, 0.25) is 5.02 Å². The normalized spacial score (nSPS) is 11.4. The Morgan fingerprint density at radius 3 is 2.62 bits per heavy atom. The van der Waals surface area contributed by atoms with Crippen molar-refractivity contribution in [1.29, 1.82) is 0 Å². The lowest BCUT2D eigenvalue weighted by Crippen LogP contribution is -2.33. The first kappa shape index (κ1) is 24.2. The van der Waals surface area contributed by atoms with Gasteiger partial charge in [0.2, 0.25) is 0 Å².